The lowest BCUT2D eigenvalue weighted by Gasteiger charge is -1.99. The molecule has 0 amide bonds. The Kier molecular flexibility index (Phi) is 3.61. The first kappa shape index (κ1) is 12.6. The van der Waals surface area contributed by atoms with Crippen molar-refractivity contribution < 1.29 is 4.52 Å². The average molecular weight is 264 g/mol. The first-order valence-electron chi connectivity index (χ1n) is 6.64. The molecule has 3 heteroatoms. The number of aromatic nitrogens is 1. The zero-order valence-corrected chi connectivity index (χ0v) is 11.1. The van der Waals surface area contributed by atoms with Gasteiger partial charge in [-0.2, -0.15) is 0 Å². The normalized spacial score (nSPS) is 10.7. The Morgan fingerprint density at radius 1 is 0.900 bits per heavy atom. The van der Waals surface area contributed by atoms with Crippen molar-refractivity contribution >= 4 is 0 Å². The molecule has 20 heavy (non-hydrogen) atoms. The van der Waals surface area contributed by atoms with Crippen LogP contribution in [0, 0.1) is 0 Å². The Balaban J connectivity index is 1.77. The monoisotopic (exact) mass is 264 g/mol. The molecule has 100 valence electrons. The van der Waals surface area contributed by atoms with E-state index < -0.39 is 0 Å². The molecule has 0 saturated carbocycles. The van der Waals surface area contributed by atoms with E-state index in [0.717, 1.165) is 29.0 Å². The number of nitrogens with two attached hydrogens (primary N) is 1. The SMILES string of the molecule is NCc1ccc(Cc2cc(-c3ccccc3)on2)cc1. The molecule has 0 spiro atoms. The lowest BCUT2D eigenvalue weighted by molar-refractivity contribution is 0.425. The highest BCUT2D eigenvalue weighted by Gasteiger charge is 2.06. The van der Waals surface area contributed by atoms with Crippen LogP contribution in [-0.4, -0.2) is 5.16 Å². The van der Waals surface area contributed by atoms with E-state index in [9.17, 15) is 0 Å². The Morgan fingerprint density at radius 2 is 1.60 bits per heavy atom. The predicted octanol–water partition coefficient (Wildman–Crippen LogP) is 3.39. The highest BCUT2D eigenvalue weighted by Crippen LogP contribution is 2.21. The molecule has 0 aliphatic rings. The van der Waals surface area contributed by atoms with Crippen LogP contribution in [0.4, 0.5) is 0 Å². The topological polar surface area (TPSA) is 52.0 Å². The quantitative estimate of drug-likeness (QED) is 0.785. The van der Waals surface area contributed by atoms with Gasteiger partial charge in [0.05, 0.1) is 5.69 Å². The second-order valence-corrected chi connectivity index (χ2v) is 4.75. The summed E-state index contributed by atoms with van der Waals surface area (Å²) in [7, 11) is 0. The Labute approximate surface area is 118 Å². The zero-order valence-electron chi connectivity index (χ0n) is 11.1. The zero-order chi connectivity index (χ0) is 13.8. The lowest BCUT2D eigenvalue weighted by atomic mass is 10.1. The van der Waals surface area contributed by atoms with Crippen LogP contribution in [0.1, 0.15) is 16.8 Å². The number of hydrogen-bond donors (Lipinski definition) is 1. The van der Waals surface area contributed by atoms with E-state index in [-0.39, 0.29) is 0 Å². The maximum Gasteiger partial charge on any atom is 0.167 e. The standard InChI is InChI=1S/C17H16N2O/c18-12-14-8-6-13(7-9-14)10-16-11-17(20-19-16)15-4-2-1-3-5-15/h1-9,11H,10,12,18H2. The van der Waals surface area contributed by atoms with E-state index in [4.69, 9.17) is 10.3 Å². The molecule has 0 aliphatic carbocycles. The van der Waals surface area contributed by atoms with Crippen molar-refractivity contribution in [2.45, 2.75) is 13.0 Å². The van der Waals surface area contributed by atoms with E-state index in [2.05, 4.69) is 17.3 Å². The van der Waals surface area contributed by atoms with Crippen molar-refractivity contribution in [3.63, 3.8) is 0 Å². The van der Waals surface area contributed by atoms with Gasteiger partial charge in [0, 0.05) is 24.6 Å². The summed E-state index contributed by atoms with van der Waals surface area (Å²) in [5.41, 5.74) is 9.92. The van der Waals surface area contributed by atoms with Gasteiger partial charge in [-0.25, -0.2) is 0 Å². The first-order valence-corrected chi connectivity index (χ1v) is 6.64. The fourth-order valence-corrected chi connectivity index (χ4v) is 2.14. The lowest BCUT2D eigenvalue weighted by Crippen LogP contribution is -1.96. The average Bonchev–Trinajstić information content (AvgIpc) is 2.97. The van der Waals surface area contributed by atoms with Gasteiger partial charge in [-0.05, 0) is 11.1 Å². The number of hydrogen-bond acceptors (Lipinski definition) is 3. The number of benzene rings is 2. The third kappa shape index (κ3) is 2.78. The van der Waals surface area contributed by atoms with E-state index in [0.29, 0.717) is 6.54 Å². The highest BCUT2D eigenvalue weighted by molar-refractivity contribution is 5.57. The van der Waals surface area contributed by atoms with Gasteiger partial charge in [-0.15, -0.1) is 0 Å². The molecule has 2 N–H and O–H groups in total. The summed E-state index contributed by atoms with van der Waals surface area (Å²) in [6, 6.07) is 20.2. The molecule has 0 aliphatic heterocycles. The maximum absolute atomic E-state index is 5.59. The van der Waals surface area contributed by atoms with Crippen LogP contribution in [0.25, 0.3) is 11.3 Å². The summed E-state index contributed by atoms with van der Waals surface area (Å²) in [5, 5.41) is 4.13. The molecule has 0 unspecified atom stereocenters. The summed E-state index contributed by atoms with van der Waals surface area (Å²) in [4.78, 5) is 0. The fourth-order valence-electron chi connectivity index (χ4n) is 2.14. The molecular formula is C17H16N2O. The molecular weight excluding hydrogens is 248 g/mol. The van der Waals surface area contributed by atoms with Crippen molar-refractivity contribution in [3.05, 3.63) is 77.5 Å². The molecule has 0 bridgehead atoms. The van der Waals surface area contributed by atoms with Crippen molar-refractivity contribution in [2.75, 3.05) is 0 Å². The minimum Gasteiger partial charge on any atom is -0.356 e. The number of rotatable bonds is 4. The molecule has 1 heterocycles. The van der Waals surface area contributed by atoms with E-state index >= 15 is 0 Å². The Hall–Kier alpha value is -2.39. The summed E-state index contributed by atoms with van der Waals surface area (Å²) in [6.45, 7) is 0.572. The third-order valence-electron chi connectivity index (χ3n) is 3.26. The van der Waals surface area contributed by atoms with Gasteiger partial charge >= 0.3 is 0 Å². The van der Waals surface area contributed by atoms with Gasteiger partial charge in [0.1, 0.15) is 0 Å². The van der Waals surface area contributed by atoms with Crippen LogP contribution in [0.2, 0.25) is 0 Å². The molecule has 1 aromatic heterocycles. The fraction of sp³-hybridized carbons (Fsp3) is 0.118. The van der Waals surface area contributed by atoms with Crippen LogP contribution in [-0.2, 0) is 13.0 Å². The van der Waals surface area contributed by atoms with Crippen molar-refractivity contribution in [1.82, 2.24) is 5.16 Å². The minimum absolute atomic E-state index is 0.572. The molecule has 3 rings (SSSR count). The van der Waals surface area contributed by atoms with E-state index in [1.807, 2.05) is 48.5 Å². The summed E-state index contributed by atoms with van der Waals surface area (Å²) >= 11 is 0. The largest absolute Gasteiger partial charge is 0.356 e. The summed E-state index contributed by atoms with van der Waals surface area (Å²) in [5.74, 6) is 0.805. The van der Waals surface area contributed by atoms with Crippen molar-refractivity contribution in [3.8, 4) is 11.3 Å². The van der Waals surface area contributed by atoms with Crippen molar-refractivity contribution in [1.29, 1.82) is 0 Å². The predicted molar refractivity (Wildman–Crippen MR) is 79.1 cm³/mol. The molecule has 0 fully saturated rings. The maximum atomic E-state index is 5.59. The second-order valence-electron chi connectivity index (χ2n) is 4.75. The minimum atomic E-state index is 0.572. The molecule has 3 aromatic rings. The van der Waals surface area contributed by atoms with E-state index in [1.54, 1.807) is 0 Å². The smallest absolute Gasteiger partial charge is 0.167 e. The second kappa shape index (κ2) is 5.72. The van der Waals surface area contributed by atoms with Crippen LogP contribution < -0.4 is 5.73 Å². The van der Waals surface area contributed by atoms with Crippen LogP contribution in [0.3, 0.4) is 0 Å². The van der Waals surface area contributed by atoms with Gasteiger partial charge in [-0.1, -0.05) is 59.8 Å². The highest BCUT2D eigenvalue weighted by atomic mass is 16.5. The van der Waals surface area contributed by atoms with Gasteiger partial charge in [0.15, 0.2) is 5.76 Å². The van der Waals surface area contributed by atoms with Crippen LogP contribution in [0.5, 0.6) is 0 Å². The summed E-state index contributed by atoms with van der Waals surface area (Å²) < 4.78 is 5.40. The molecule has 0 radical (unpaired) electrons. The van der Waals surface area contributed by atoms with Gasteiger partial charge in [-0.3, -0.25) is 0 Å². The van der Waals surface area contributed by atoms with Crippen LogP contribution >= 0.6 is 0 Å². The van der Waals surface area contributed by atoms with Crippen LogP contribution in [0.15, 0.2) is 65.2 Å². The Bertz CT molecular complexity index is 672. The first-order chi connectivity index (χ1) is 9.85. The van der Waals surface area contributed by atoms with Gasteiger partial charge in [0.25, 0.3) is 0 Å². The van der Waals surface area contributed by atoms with Gasteiger partial charge < -0.3 is 10.3 Å². The van der Waals surface area contributed by atoms with Crippen molar-refractivity contribution in [2.24, 2.45) is 5.73 Å². The van der Waals surface area contributed by atoms with E-state index in [1.165, 1.54) is 5.56 Å². The third-order valence-corrected chi connectivity index (χ3v) is 3.26. The molecule has 0 atom stereocenters. The molecule has 2 aromatic carbocycles. The molecule has 0 saturated heterocycles. The Morgan fingerprint density at radius 3 is 2.30 bits per heavy atom. The summed E-state index contributed by atoms with van der Waals surface area (Å²) in [6.07, 6.45) is 0.765. The van der Waals surface area contributed by atoms with Gasteiger partial charge in [0.2, 0.25) is 0 Å². The number of nitrogens with zero attached hydrogens (tertiary/aromatic N) is 1. The molecule has 3 nitrogen and oxygen atoms in total.